The van der Waals surface area contributed by atoms with E-state index in [1.165, 1.54) is 13.2 Å². The van der Waals surface area contributed by atoms with Crippen LogP contribution in [0, 0.1) is 0 Å². The molecule has 112 valence electrons. The van der Waals surface area contributed by atoms with Crippen molar-refractivity contribution in [3.8, 4) is 11.5 Å². The van der Waals surface area contributed by atoms with Gasteiger partial charge in [0.15, 0.2) is 11.5 Å². The maximum atomic E-state index is 12.8. The number of halogens is 2. The van der Waals surface area contributed by atoms with E-state index >= 15 is 0 Å². The Morgan fingerprint density at radius 1 is 1.35 bits per heavy atom. The van der Waals surface area contributed by atoms with E-state index in [2.05, 4.69) is 5.32 Å². The van der Waals surface area contributed by atoms with Crippen LogP contribution in [0.3, 0.4) is 0 Å². The minimum absolute atomic E-state index is 0.0144. The van der Waals surface area contributed by atoms with E-state index < -0.39 is 6.43 Å². The van der Waals surface area contributed by atoms with Gasteiger partial charge in [0.1, 0.15) is 0 Å². The number of aromatic hydroxyl groups is 1. The third-order valence-corrected chi connectivity index (χ3v) is 3.58. The zero-order chi connectivity index (χ0) is 14.5. The molecule has 0 saturated carbocycles. The average molecular weight is 286 g/mol. The van der Waals surface area contributed by atoms with Crippen molar-refractivity contribution in [1.82, 2.24) is 10.2 Å². The molecular weight excluding hydrogens is 266 g/mol. The van der Waals surface area contributed by atoms with Crippen LogP contribution in [0.25, 0.3) is 0 Å². The molecule has 1 aromatic carbocycles. The van der Waals surface area contributed by atoms with Gasteiger partial charge in [0.2, 0.25) is 6.43 Å². The number of hydrogen-bond acceptors (Lipinski definition) is 4. The number of hydrogen-bond donors (Lipinski definition) is 2. The number of benzene rings is 1. The Morgan fingerprint density at radius 3 is 2.60 bits per heavy atom. The highest BCUT2D eigenvalue weighted by molar-refractivity contribution is 5.42. The fourth-order valence-corrected chi connectivity index (χ4v) is 2.57. The molecule has 1 heterocycles. The lowest BCUT2D eigenvalue weighted by atomic mass is 10.0. The summed E-state index contributed by atoms with van der Waals surface area (Å²) in [5.41, 5.74) is 0.700. The van der Waals surface area contributed by atoms with Gasteiger partial charge in [0, 0.05) is 38.6 Å². The van der Waals surface area contributed by atoms with Crippen LogP contribution in [0.15, 0.2) is 18.2 Å². The van der Waals surface area contributed by atoms with Gasteiger partial charge in [0.05, 0.1) is 7.11 Å². The highest BCUT2D eigenvalue weighted by Gasteiger charge is 2.26. The first-order chi connectivity index (χ1) is 9.61. The van der Waals surface area contributed by atoms with Gasteiger partial charge >= 0.3 is 0 Å². The molecule has 2 rings (SSSR count). The van der Waals surface area contributed by atoms with E-state index in [0.717, 1.165) is 26.2 Å². The molecule has 1 fully saturated rings. The van der Waals surface area contributed by atoms with Crippen LogP contribution in [-0.2, 0) is 0 Å². The van der Waals surface area contributed by atoms with Crippen LogP contribution in [0.1, 0.15) is 18.0 Å². The summed E-state index contributed by atoms with van der Waals surface area (Å²) in [6.45, 7) is 3.04. The van der Waals surface area contributed by atoms with Crippen molar-refractivity contribution >= 4 is 0 Å². The van der Waals surface area contributed by atoms with Crippen LogP contribution in [0.5, 0.6) is 11.5 Å². The molecule has 1 aromatic rings. The Hall–Kier alpha value is -1.40. The summed E-state index contributed by atoms with van der Waals surface area (Å²) in [5.74, 6) is 0.337. The molecule has 20 heavy (non-hydrogen) atoms. The van der Waals surface area contributed by atoms with Crippen LogP contribution in [0.4, 0.5) is 8.78 Å². The molecule has 1 saturated heterocycles. The lowest BCUT2D eigenvalue weighted by molar-refractivity contribution is 0.0738. The summed E-state index contributed by atoms with van der Waals surface area (Å²) in [5, 5.41) is 13.0. The van der Waals surface area contributed by atoms with Gasteiger partial charge in [-0.3, -0.25) is 4.90 Å². The summed E-state index contributed by atoms with van der Waals surface area (Å²) >= 11 is 0. The molecule has 0 spiro atoms. The standard InChI is InChI=1S/C14H20F2N2O2/c1-20-13-3-2-10(8-12(13)19)11(9-14(15)16)18-6-4-17-5-7-18/h2-3,8,11,14,17,19H,4-7,9H2,1H3/t11-/m0/s1. The maximum Gasteiger partial charge on any atom is 0.240 e. The number of ether oxygens (including phenoxy) is 1. The topological polar surface area (TPSA) is 44.7 Å². The van der Waals surface area contributed by atoms with Crippen molar-refractivity contribution in [3.63, 3.8) is 0 Å². The van der Waals surface area contributed by atoms with Crippen molar-refractivity contribution < 1.29 is 18.6 Å². The Bertz CT molecular complexity index is 437. The van der Waals surface area contributed by atoms with E-state index in [-0.39, 0.29) is 18.2 Å². The Kier molecular flexibility index (Phi) is 5.14. The fourth-order valence-electron chi connectivity index (χ4n) is 2.57. The van der Waals surface area contributed by atoms with Crippen LogP contribution in [-0.4, -0.2) is 49.7 Å². The number of nitrogens with zero attached hydrogens (tertiary/aromatic N) is 1. The molecule has 0 unspecified atom stereocenters. The highest BCUT2D eigenvalue weighted by Crippen LogP contribution is 2.33. The van der Waals surface area contributed by atoms with Gasteiger partial charge in [-0.25, -0.2) is 8.78 Å². The van der Waals surface area contributed by atoms with Crippen LogP contribution in [0.2, 0.25) is 0 Å². The van der Waals surface area contributed by atoms with Crippen LogP contribution < -0.4 is 10.1 Å². The Morgan fingerprint density at radius 2 is 2.05 bits per heavy atom. The first kappa shape index (κ1) is 15.0. The number of methoxy groups -OCH3 is 1. The number of phenols is 1. The van der Waals surface area contributed by atoms with Crippen molar-refractivity contribution in [2.45, 2.75) is 18.9 Å². The summed E-state index contributed by atoms with van der Waals surface area (Å²) in [6, 6.07) is 4.50. The lowest BCUT2D eigenvalue weighted by Gasteiger charge is -2.35. The highest BCUT2D eigenvalue weighted by atomic mass is 19.3. The van der Waals surface area contributed by atoms with Crippen molar-refractivity contribution in [1.29, 1.82) is 0 Å². The van der Waals surface area contributed by atoms with Gasteiger partial charge in [0.25, 0.3) is 0 Å². The van der Waals surface area contributed by atoms with E-state index in [1.807, 2.05) is 4.90 Å². The number of nitrogens with one attached hydrogen (secondary N) is 1. The second-order valence-electron chi connectivity index (χ2n) is 4.86. The molecule has 0 aromatic heterocycles. The molecule has 0 radical (unpaired) electrons. The first-order valence-corrected chi connectivity index (χ1v) is 6.71. The molecule has 6 heteroatoms. The Balaban J connectivity index is 2.22. The van der Waals surface area contributed by atoms with Crippen molar-refractivity contribution in [2.75, 3.05) is 33.3 Å². The van der Waals surface area contributed by atoms with E-state index in [1.54, 1.807) is 12.1 Å². The quantitative estimate of drug-likeness (QED) is 0.869. The van der Waals surface area contributed by atoms with E-state index in [0.29, 0.717) is 11.3 Å². The summed E-state index contributed by atoms with van der Waals surface area (Å²) < 4.78 is 30.7. The predicted molar refractivity (Wildman–Crippen MR) is 72.5 cm³/mol. The average Bonchev–Trinajstić information content (AvgIpc) is 2.45. The number of alkyl halides is 2. The molecule has 2 N–H and O–H groups in total. The van der Waals surface area contributed by atoms with Gasteiger partial charge in [-0.15, -0.1) is 0 Å². The molecule has 1 aliphatic rings. The van der Waals surface area contributed by atoms with Gasteiger partial charge < -0.3 is 15.2 Å². The Labute approximate surface area is 117 Å². The number of phenolic OH excluding ortho intramolecular Hbond substituents is 1. The number of rotatable bonds is 5. The van der Waals surface area contributed by atoms with Gasteiger partial charge in [-0.05, 0) is 17.7 Å². The largest absolute Gasteiger partial charge is 0.504 e. The smallest absolute Gasteiger partial charge is 0.240 e. The maximum absolute atomic E-state index is 12.8. The molecule has 4 nitrogen and oxygen atoms in total. The van der Waals surface area contributed by atoms with E-state index in [9.17, 15) is 13.9 Å². The molecule has 0 amide bonds. The minimum Gasteiger partial charge on any atom is -0.504 e. The van der Waals surface area contributed by atoms with Crippen molar-refractivity contribution in [2.24, 2.45) is 0 Å². The van der Waals surface area contributed by atoms with Crippen molar-refractivity contribution in [3.05, 3.63) is 23.8 Å². The van der Waals surface area contributed by atoms with E-state index in [4.69, 9.17) is 4.74 Å². The zero-order valence-electron chi connectivity index (χ0n) is 11.5. The zero-order valence-corrected chi connectivity index (χ0v) is 11.5. The molecule has 1 aliphatic heterocycles. The first-order valence-electron chi connectivity index (χ1n) is 6.71. The summed E-state index contributed by atoms with van der Waals surface area (Å²) in [7, 11) is 1.46. The fraction of sp³-hybridized carbons (Fsp3) is 0.571. The molecular formula is C14H20F2N2O2. The summed E-state index contributed by atoms with van der Waals surface area (Å²) in [4.78, 5) is 2.03. The third kappa shape index (κ3) is 3.58. The van der Waals surface area contributed by atoms with Gasteiger partial charge in [-0.1, -0.05) is 6.07 Å². The number of piperazine rings is 1. The molecule has 0 aliphatic carbocycles. The van der Waals surface area contributed by atoms with Crippen LogP contribution >= 0.6 is 0 Å². The normalized spacial score (nSPS) is 18.2. The van der Waals surface area contributed by atoms with Gasteiger partial charge in [-0.2, -0.15) is 0 Å². The third-order valence-electron chi connectivity index (χ3n) is 3.58. The predicted octanol–water partition coefficient (Wildman–Crippen LogP) is 2.00. The lowest BCUT2D eigenvalue weighted by Crippen LogP contribution is -2.45. The second-order valence-corrected chi connectivity index (χ2v) is 4.86. The summed E-state index contributed by atoms with van der Waals surface area (Å²) in [6.07, 6.45) is -2.61. The SMILES string of the molecule is COc1ccc([C@H](CC(F)F)N2CCNCC2)cc1O. The molecule has 1 atom stereocenters. The minimum atomic E-state index is -2.38. The monoisotopic (exact) mass is 286 g/mol. The molecule has 0 bridgehead atoms. The second kappa shape index (κ2) is 6.85.